The molecule has 0 aliphatic rings. The number of benzene rings is 1. The predicted molar refractivity (Wildman–Crippen MR) is 55.3 cm³/mol. The fraction of sp³-hybridized carbons (Fsp3) is 0.143. The summed E-state index contributed by atoms with van der Waals surface area (Å²) in [5.41, 5.74) is 5.59. The van der Waals surface area contributed by atoms with Gasteiger partial charge in [-0.2, -0.15) is 0 Å². The van der Waals surface area contributed by atoms with Gasteiger partial charge in [-0.15, -0.1) is 13.2 Å². The van der Waals surface area contributed by atoms with Crippen molar-refractivity contribution in [3.63, 3.8) is 0 Å². The van der Waals surface area contributed by atoms with Crippen LogP contribution in [-0.2, 0) is 0 Å². The Morgan fingerprint density at radius 2 is 1.93 bits per heavy atom. The average molecular weight is 337 g/mol. The predicted octanol–water partition coefficient (Wildman–Crippen LogP) is 3.43. The van der Waals surface area contributed by atoms with Crippen LogP contribution in [0, 0.1) is 3.57 Å². The number of ether oxygens (including phenoxy) is 1. The highest BCUT2D eigenvalue weighted by atomic mass is 127. The Labute approximate surface area is 96.3 Å². The maximum atomic E-state index is 11.9. The summed E-state index contributed by atoms with van der Waals surface area (Å²) in [6, 6.07) is 2.34. The molecule has 0 saturated heterocycles. The van der Waals surface area contributed by atoms with Gasteiger partial charge in [0.1, 0.15) is 5.75 Å². The monoisotopic (exact) mass is 337 g/mol. The van der Waals surface area contributed by atoms with Crippen molar-refractivity contribution in [2.45, 2.75) is 6.36 Å². The number of hydrogen-bond acceptors (Lipinski definition) is 2. The van der Waals surface area contributed by atoms with Crippen LogP contribution in [0.1, 0.15) is 0 Å². The number of nitrogen functional groups attached to an aromatic ring is 1. The molecule has 0 aromatic heterocycles. The Bertz CT molecular complexity index is 356. The highest BCUT2D eigenvalue weighted by Crippen LogP contribution is 2.33. The van der Waals surface area contributed by atoms with Crippen LogP contribution in [0.4, 0.5) is 18.9 Å². The molecule has 0 unspecified atom stereocenters. The number of alkyl halides is 3. The first kappa shape index (κ1) is 11.7. The van der Waals surface area contributed by atoms with Crippen molar-refractivity contribution in [1.29, 1.82) is 0 Å². The lowest BCUT2D eigenvalue weighted by Gasteiger charge is -2.11. The van der Waals surface area contributed by atoms with Crippen LogP contribution in [0.15, 0.2) is 12.1 Å². The molecule has 2 nitrogen and oxygen atoms in total. The first-order chi connectivity index (χ1) is 6.29. The lowest BCUT2D eigenvalue weighted by atomic mass is 10.3. The molecule has 0 aliphatic heterocycles. The number of anilines is 1. The molecule has 0 radical (unpaired) electrons. The molecular weight excluding hydrogens is 333 g/mol. The highest BCUT2D eigenvalue weighted by Gasteiger charge is 2.32. The largest absolute Gasteiger partial charge is 0.573 e. The molecule has 2 N–H and O–H groups in total. The van der Waals surface area contributed by atoms with E-state index < -0.39 is 6.36 Å². The van der Waals surface area contributed by atoms with Gasteiger partial charge >= 0.3 is 6.36 Å². The third-order valence-corrected chi connectivity index (χ3v) is 2.45. The standard InChI is InChI=1S/C7H4ClF3INO/c8-3-1-6(14-7(9,10)11)4(12)2-5(3)13/h1-2H,13H2. The minimum Gasteiger partial charge on any atom is -0.405 e. The van der Waals surface area contributed by atoms with E-state index in [9.17, 15) is 13.2 Å². The van der Waals surface area contributed by atoms with Gasteiger partial charge < -0.3 is 10.5 Å². The normalized spacial score (nSPS) is 11.5. The lowest BCUT2D eigenvalue weighted by molar-refractivity contribution is -0.274. The van der Waals surface area contributed by atoms with E-state index in [4.69, 9.17) is 17.3 Å². The van der Waals surface area contributed by atoms with E-state index in [-0.39, 0.29) is 20.0 Å². The summed E-state index contributed by atoms with van der Waals surface area (Å²) >= 11 is 7.22. The highest BCUT2D eigenvalue weighted by molar-refractivity contribution is 14.1. The Morgan fingerprint density at radius 3 is 2.43 bits per heavy atom. The quantitative estimate of drug-likeness (QED) is 0.629. The molecule has 1 aromatic rings. The molecule has 0 saturated carbocycles. The summed E-state index contributed by atoms with van der Waals surface area (Å²) in [7, 11) is 0. The van der Waals surface area contributed by atoms with Crippen molar-refractivity contribution >= 4 is 39.9 Å². The topological polar surface area (TPSA) is 35.2 Å². The van der Waals surface area contributed by atoms with Crippen molar-refractivity contribution in [2.75, 3.05) is 5.73 Å². The minimum absolute atomic E-state index is 0.0321. The molecule has 0 aliphatic carbocycles. The Hall–Kier alpha value is -0.370. The Kier molecular flexibility index (Phi) is 3.36. The van der Waals surface area contributed by atoms with Gasteiger partial charge in [0.2, 0.25) is 0 Å². The molecule has 14 heavy (non-hydrogen) atoms. The summed E-state index contributed by atoms with van der Waals surface area (Å²) in [6.07, 6.45) is -4.72. The van der Waals surface area contributed by atoms with Crippen LogP contribution >= 0.6 is 34.2 Å². The first-order valence-electron chi connectivity index (χ1n) is 3.30. The summed E-state index contributed by atoms with van der Waals surface area (Å²) in [5, 5.41) is 0.0321. The second-order valence-corrected chi connectivity index (χ2v) is 3.92. The van der Waals surface area contributed by atoms with Gasteiger partial charge in [0.25, 0.3) is 0 Å². The van der Waals surface area contributed by atoms with Crippen LogP contribution in [-0.4, -0.2) is 6.36 Å². The molecule has 0 amide bonds. The maximum absolute atomic E-state index is 11.9. The number of rotatable bonds is 1. The van der Waals surface area contributed by atoms with Crippen molar-refractivity contribution in [1.82, 2.24) is 0 Å². The smallest absolute Gasteiger partial charge is 0.405 e. The zero-order valence-electron chi connectivity index (χ0n) is 6.53. The van der Waals surface area contributed by atoms with Gasteiger partial charge in [-0.3, -0.25) is 0 Å². The number of halogens is 5. The first-order valence-corrected chi connectivity index (χ1v) is 4.75. The maximum Gasteiger partial charge on any atom is 0.573 e. The van der Waals surface area contributed by atoms with Gasteiger partial charge in [-0.05, 0) is 28.7 Å². The van der Waals surface area contributed by atoms with E-state index in [2.05, 4.69) is 4.74 Å². The zero-order valence-corrected chi connectivity index (χ0v) is 9.44. The molecule has 0 atom stereocenters. The van der Waals surface area contributed by atoms with E-state index in [0.29, 0.717) is 0 Å². The average Bonchev–Trinajstić information content (AvgIpc) is 1.97. The summed E-state index contributed by atoms with van der Waals surface area (Å²) < 4.78 is 39.5. The summed E-state index contributed by atoms with van der Waals surface area (Å²) in [4.78, 5) is 0. The van der Waals surface area contributed by atoms with Crippen molar-refractivity contribution < 1.29 is 17.9 Å². The third-order valence-electron chi connectivity index (χ3n) is 1.28. The van der Waals surface area contributed by atoms with Crippen LogP contribution in [0.3, 0.4) is 0 Å². The summed E-state index contributed by atoms with van der Waals surface area (Å²) in [6.45, 7) is 0. The van der Waals surface area contributed by atoms with Crippen molar-refractivity contribution in [2.24, 2.45) is 0 Å². The van der Waals surface area contributed by atoms with Gasteiger partial charge in [0.05, 0.1) is 14.3 Å². The van der Waals surface area contributed by atoms with E-state index >= 15 is 0 Å². The molecule has 0 fully saturated rings. The molecule has 7 heteroatoms. The van der Waals surface area contributed by atoms with Gasteiger partial charge in [-0.1, -0.05) is 11.6 Å². The van der Waals surface area contributed by atoms with Crippen LogP contribution in [0.2, 0.25) is 5.02 Å². The lowest BCUT2D eigenvalue weighted by Crippen LogP contribution is -2.17. The zero-order chi connectivity index (χ0) is 10.9. The van der Waals surface area contributed by atoms with E-state index in [0.717, 1.165) is 6.07 Å². The molecule has 1 aromatic carbocycles. The van der Waals surface area contributed by atoms with Crippen molar-refractivity contribution in [3.8, 4) is 5.75 Å². The molecule has 1 rings (SSSR count). The van der Waals surface area contributed by atoms with E-state index in [1.165, 1.54) is 6.07 Å². The fourth-order valence-corrected chi connectivity index (χ4v) is 1.50. The van der Waals surface area contributed by atoms with E-state index in [1.54, 1.807) is 22.6 Å². The van der Waals surface area contributed by atoms with Gasteiger partial charge in [-0.25, -0.2) is 0 Å². The van der Waals surface area contributed by atoms with Gasteiger partial charge in [0, 0.05) is 6.07 Å². The second-order valence-electron chi connectivity index (χ2n) is 2.35. The Balaban J connectivity index is 3.04. The summed E-state index contributed by atoms with van der Waals surface area (Å²) in [5.74, 6) is -0.350. The minimum atomic E-state index is -4.72. The molecule has 0 bridgehead atoms. The van der Waals surface area contributed by atoms with E-state index in [1.807, 2.05) is 0 Å². The third kappa shape index (κ3) is 3.09. The van der Waals surface area contributed by atoms with Crippen LogP contribution < -0.4 is 10.5 Å². The SMILES string of the molecule is Nc1cc(I)c(OC(F)(F)F)cc1Cl. The fourth-order valence-electron chi connectivity index (χ4n) is 0.747. The molecular formula is C7H4ClF3INO. The molecule has 0 spiro atoms. The number of nitrogens with two attached hydrogens (primary N) is 1. The number of hydrogen-bond donors (Lipinski definition) is 1. The second kappa shape index (κ2) is 4.01. The van der Waals surface area contributed by atoms with Crippen LogP contribution in [0.25, 0.3) is 0 Å². The van der Waals surface area contributed by atoms with Gasteiger partial charge in [0.15, 0.2) is 0 Å². The Morgan fingerprint density at radius 1 is 1.36 bits per heavy atom. The van der Waals surface area contributed by atoms with Crippen LogP contribution in [0.5, 0.6) is 5.75 Å². The molecule has 0 heterocycles. The van der Waals surface area contributed by atoms with Crippen molar-refractivity contribution in [3.05, 3.63) is 20.7 Å². The molecule has 78 valence electrons.